The van der Waals surface area contributed by atoms with Gasteiger partial charge in [-0.1, -0.05) is 20.8 Å². The molecular formula is C25H33FN4O. The smallest absolute Gasteiger partial charge is 0.254 e. The number of nitrogens with one attached hydrogen (secondary N) is 1. The molecule has 2 aliphatic heterocycles. The number of nitrogens with zero attached hydrogens (tertiary/aromatic N) is 3. The van der Waals surface area contributed by atoms with Crippen molar-refractivity contribution in [3.8, 4) is 0 Å². The molecule has 2 aliphatic rings. The molecular weight excluding hydrogens is 391 g/mol. The Morgan fingerprint density at radius 1 is 0.839 bits per heavy atom. The molecule has 2 heterocycles. The molecule has 0 bridgehead atoms. The van der Waals surface area contributed by atoms with Gasteiger partial charge in [0.05, 0.1) is 0 Å². The molecule has 5 nitrogen and oxygen atoms in total. The van der Waals surface area contributed by atoms with Crippen LogP contribution in [0.4, 0.5) is 15.8 Å². The lowest BCUT2D eigenvalue weighted by atomic mass is 9.85. The highest BCUT2D eigenvalue weighted by Gasteiger charge is 2.25. The maximum Gasteiger partial charge on any atom is 0.254 e. The zero-order valence-corrected chi connectivity index (χ0v) is 18.8. The van der Waals surface area contributed by atoms with Crippen LogP contribution in [0.2, 0.25) is 0 Å². The minimum atomic E-state index is -0.225. The van der Waals surface area contributed by atoms with Gasteiger partial charge in [-0.3, -0.25) is 4.79 Å². The first-order chi connectivity index (χ1) is 14.8. The summed E-state index contributed by atoms with van der Waals surface area (Å²) in [7, 11) is 0. The average Bonchev–Trinajstić information content (AvgIpc) is 2.79. The van der Waals surface area contributed by atoms with Crippen LogP contribution >= 0.6 is 0 Å². The Morgan fingerprint density at radius 3 is 2.06 bits per heavy atom. The number of hydrogen-bond acceptors (Lipinski definition) is 4. The molecule has 0 unspecified atom stereocenters. The van der Waals surface area contributed by atoms with Crippen molar-refractivity contribution >= 4 is 17.3 Å². The molecule has 6 heteroatoms. The van der Waals surface area contributed by atoms with E-state index in [9.17, 15) is 9.18 Å². The number of hydrogen-bond donors (Lipinski definition) is 1. The van der Waals surface area contributed by atoms with E-state index in [0.717, 1.165) is 56.2 Å². The second-order valence-corrected chi connectivity index (χ2v) is 9.51. The zero-order chi connectivity index (χ0) is 22.0. The number of carbonyl (C=O) groups excluding carboxylic acids is 1. The van der Waals surface area contributed by atoms with Gasteiger partial charge in [0.1, 0.15) is 5.82 Å². The van der Waals surface area contributed by atoms with Crippen molar-refractivity contribution in [1.82, 2.24) is 10.2 Å². The van der Waals surface area contributed by atoms with Crippen molar-refractivity contribution in [3.63, 3.8) is 0 Å². The third-order valence-electron chi connectivity index (χ3n) is 6.27. The Kier molecular flexibility index (Phi) is 6.19. The molecule has 2 aromatic rings. The van der Waals surface area contributed by atoms with Gasteiger partial charge in [0.25, 0.3) is 5.91 Å². The number of anilines is 2. The third-order valence-corrected chi connectivity index (χ3v) is 6.27. The highest BCUT2D eigenvalue weighted by Crippen LogP contribution is 2.29. The molecule has 0 radical (unpaired) electrons. The van der Waals surface area contributed by atoms with E-state index in [1.807, 2.05) is 4.90 Å². The molecule has 31 heavy (non-hydrogen) atoms. The maximum absolute atomic E-state index is 13.4. The van der Waals surface area contributed by atoms with Gasteiger partial charge in [-0.2, -0.15) is 0 Å². The topological polar surface area (TPSA) is 38.8 Å². The Bertz CT molecular complexity index is 908. The van der Waals surface area contributed by atoms with Crippen LogP contribution in [0.25, 0.3) is 0 Å². The van der Waals surface area contributed by atoms with Gasteiger partial charge >= 0.3 is 0 Å². The van der Waals surface area contributed by atoms with Crippen LogP contribution in [-0.4, -0.2) is 63.2 Å². The van der Waals surface area contributed by atoms with E-state index >= 15 is 0 Å². The van der Waals surface area contributed by atoms with Gasteiger partial charge in [0, 0.05) is 69.3 Å². The maximum atomic E-state index is 13.4. The molecule has 2 fully saturated rings. The van der Waals surface area contributed by atoms with Crippen molar-refractivity contribution in [3.05, 3.63) is 59.4 Å². The van der Waals surface area contributed by atoms with Crippen LogP contribution < -0.4 is 15.1 Å². The monoisotopic (exact) mass is 424 g/mol. The molecule has 2 saturated heterocycles. The van der Waals surface area contributed by atoms with Gasteiger partial charge in [-0.15, -0.1) is 0 Å². The van der Waals surface area contributed by atoms with Crippen molar-refractivity contribution < 1.29 is 9.18 Å². The highest BCUT2D eigenvalue weighted by atomic mass is 19.1. The predicted molar refractivity (Wildman–Crippen MR) is 125 cm³/mol. The minimum absolute atomic E-state index is 0.0274. The summed E-state index contributed by atoms with van der Waals surface area (Å²) in [6.07, 6.45) is 0. The summed E-state index contributed by atoms with van der Waals surface area (Å²) in [5.74, 6) is -0.127. The van der Waals surface area contributed by atoms with Crippen LogP contribution in [-0.2, 0) is 5.41 Å². The van der Waals surface area contributed by atoms with Crippen LogP contribution in [0, 0.1) is 5.82 Å². The van der Waals surface area contributed by atoms with E-state index in [1.54, 1.807) is 12.1 Å². The third kappa shape index (κ3) is 5.01. The van der Waals surface area contributed by atoms with Gasteiger partial charge < -0.3 is 20.0 Å². The minimum Gasteiger partial charge on any atom is -0.369 e. The molecule has 0 atom stereocenters. The normalized spacial score (nSPS) is 17.7. The first kappa shape index (κ1) is 21.6. The van der Waals surface area contributed by atoms with E-state index in [-0.39, 0.29) is 17.1 Å². The number of halogens is 1. The summed E-state index contributed by atoms with van der Waals surface area (Å²) in [6, 6.07) is 13.0. The lowest BCUT2D eigenvalue weighted by molar-refractivity contribution is 0.0746. The van der Waals surface area contributed by atoms with E-state index in [4.69, 9.17) is 0 Å². The number of piperazine rings is 2. The van der Waals surface area contributed by atoms with Crippen molar-refractivity contribution in [2.45, 2.75) is 26.2 Å². The summed E-state index contributed by atoms with van der Waals surface area (Å²) in [4.78, 5) is 20.0. The summed E-state index contributed by atoms with van der Waals surface area (Å²) >= 11 is 0. The Balaban J connectivity index is 1.51. The Labute approximate surface area is 184 Å². The largest absolute Gasteiger partial charge is 0.369 e. The average molecular weight is 425 g/mol. The molecule has 166 valence electrons. The number of rotatable bonds is 3. The Hall–Kier alpha value is -2.60. The number of amides is 1. The zero-order valence-electron chi connectivity index (χ0n) is 18.8. The Morgan fingerprint density at radius 2 is 1.45 bits per heavy atom. The van der Waals surface area contributed by atoms with Gasteiger partial charge in [0.2, 0.25) is 0 Å². The summed E-state index contributed by atoms with van der Waals surface area (Å²) in [6.45, 7) is 13.3. The predicted octanol–water partition coefficient (Wildman–Crippen LogP) is 3.50. The molecule has 0 aromatic heterocycles. The first-order valence-corrected chi connectivity index (χ1v) is 11.2. The molecule has 0 spiro atoms. The second-order valence-electron chi connectivity index (χ2n) is 9.51. The molecule has 4 rings (SSSR count). The van der Waals surface area contributed by atoms with E-state index in [2.05, 4.69) is 54.1 Å². The summed E-state index contributed by atoms with van der Waals surface area (Å²) in [5, 5.41) is 3.40. The molecule has 1 N–H and O–H groups in total. The lowest BCUT2D eigenvalue weighted by Gasteiger charge is -2.36. The summed E-state index contributed by atoms with van der Waals surface area (Å²) < 4.78 is 13.2. The van der Waals surface area contributed by atoms with Crippen molar-refractivity contribution in [1.29, 1.82) is 0 Å². The lowest BCUT2D eigenvalue weighted by Crippen LogP contribution is -2.49. The van der Waals surface area contributed by atoms with Gasteiger partial charge in [-0.05, 0) is 53.4 Å². The van der Waals surface area contributed by atoms with Crippen molar-refractivity contribution in [2.75, 3.05) is 62.2 Å². The molecule has 0 saturated carbocycles. The molecule has 0 aliphatic carbocycles. The quantitative estimate of drug-likeness (QED) is 0.819. The first-order valence-electron chi connectivity index (χ1n) is 11.2. The van der Waals surface area contributed by atoms with E-state index in [0.29, 0.717) is 13.1 Å². The fourth-order valence-corrected chi connectivity index (χ4v) is 4.28. The molecule has 2 aromatic carbocycles. The van der Waals surface area contributed by atoms with Gasteiger partial charge in [-0.25, -0.2) is 4.39 Å². The fourth-order valence-electron chi connectivity index (χ4n) is 4.28. The van der Waals surface area contributed by atoms with Crippen LogP contribution in [0.3, 0.4) is 0 Å². The van der Waals surface area contributed by atoms with Crippen LogP contribution in [0.5, 0.6) is 0 Å². The SMILES string of the molecule is CC(C)(C)c1cc(C(=O)N2CCN(c3ccc(F)cc3)CC2)cc(N2CCNCC2)c1. The van der Waals surface area contributed by atoms with Gasteiger partial charge in [0.15, 0.2) is 0 Å². The van der Waals surface area contributed by atoms with Crippen LogP contribution in [0.15, 0.2) is 42.5 Å². The number of carbonyl (C=O) groups is 1. The van der Waals surface area contributed by atoms with Crippen molar-refractivity contribution in [2.24, 2.45) is 0 Å². The second kappa shape index (κ2) is 8.87. The summed E-state index contributed by atoms with van der Waals surface area (Å²) in [5.41, 5.74) is 4.08. The molecule has 1 amide bonds. The van der Waals surface area contributed by atoms with E-state index < -0.39 is 0 Å². The number of benzene rings is 2. The standard InChI is InChI=1S/C25H33FN4O/c1-25(2,3)20-16-19(17-23(18-20)28-10-8-27-9-11-28)24(31)30-14-12-29(13-15-30)22-6-4-21(26)5-7-22/h4-7,16-18,27H,8-15H2,1-3H3. The fraction of sp³-hybridized carbons (Fsp3) is 0.480. The van der Waals surface area contributed by atoms with E-state index in [1.165, 1.54) is 17.7 Å². The highest BCUT2D eigenvalue weighted by molar-refractivity contribution is 5.95. The van der Waals surface area contributed by atoms with Crippen LogP contribution in [0.1, 0.15) is 36.7 Å².